The second-order valence-electron chi connectivity index (χ2n) is 8.32. The monoisotopic (exact) mass is 393 g/mol. The maximum atomic E-state index is 5.52. The van der Waals surface area contributed by atoms with Crippen molar-refractivity contribution < 1.29 is 4.52 Å². The molecule has 1 saturated heterocycles. The highest BCUT2D eigenvalue weighted by molar-refractivity contribution is 5.88. The Morgan fingerprint density at radius 1 is 1.17 bits per heavy atom. The number of pyridine rings is 1. The molecule has 0 saturated carbocycles. The van der Waals surface area contributed by atoms with Gasteiger partial charge in [-0.1, -0.05) is 30.1 Å². The number of piperidine rings is 1. The van der Waals surface area contributed by atoms with Gasteiger partial charge in [-0.3, -0.25) is 0 Å². The van der Waals surface area contributed by atoms with Gasteiger partial charge in [0, 0.05) is 30.6 Å². The van der Waals surface area contributed by atoms with Crippen LogP contribution in [-0.4, -0.2) is 40.3 Å². The summed E-state index contributed by atoms with van der Waals surface area (Å²) in [4.78, 5) is 11.9. The summed E-state index contributed by atoms with van der Waals surface area (Å²) in [5.41, 5.74) is 3.14. The summed E-state index contributed by atoms with van der Waals surface area (Å²) < 4.78 is 5.52. The molecule has 6 nitrogen and oxygen atoms in total. The van der Waals surface area contributed by atoms with E-state index in [9.17, 15) is 0 Å². The number of hydrogen-bond donors (Lipinski definition) is 1. The highest BCUT2D eigenvalue weighted by atomic mass is 16.5. The molecule has 1 aromatic carbocycles. The molecule has 2 aromatic heterocycles. The van der Waals surface area contributed by atoms with Crippen LogP contribution >= 0.6 is 0 Å². The lowest BCUT2D eigenvalue weighted by atomic mass is 10.0. The van der Waals surface area contributed by atoms with Gasteiger partial charge in [0.2, 0.25) is 0 Å². The summed E-state index contributed by atoms with van der Waals surface area (Å²) in [5, 5.41) is 8.89. The van der Waals surface area contributed by atoms with Gasteiger partial charge in [0.25, 0.3) is 5.89 Å². The molecule has 3 aromatic rings. The first-order chi connectivity index (χ1) is 14.0. The summed E-state index contributed by atoms with van der Waals surface area (Å²) in [6.45, 7) is 10.4. The Morgan fingerprint density at radius 3 is 2.66 bits per heavy atom. The molecule has 0 spiro atoms. The maximum Gasteiger partial charge on any atom is 0.261 e. The van der Waals surface area contributed by atoms with Crippen LogP contribution in [0.1, 0.15) is 50.9 Å². The second-order valence-corrected chi connectivity index (χ2v) is 8.32. The Hall–Kier alpha value is -2.47. The fourth-order valence-corrected chi connectivity index (χ4v) is 4.27. The summed E-state index contributed by atoms with van der Waals surface area (Å²) in [7, 11) is 0. The molecule has 0 amide bonds. The van der Waals surface area contributed by atoms with Crippen LogP contribution in [0.2, 0.25) is 0 Å². The minimum absolute atomic E-state index is 0.547. The van der Waals surface area contributed by atoms with E-state index in [0.717, 1.165) is 48.2 Å². The lowest BCUT2D eigenvalue weighted by Crippen LogP contribution is -2.45. The Bertz CT molecular complexity index is 975. The highest BCUT2D eigenvalue weighted by Gasteiger charge is 2.25. The zero-order valence-corrected chi connectivity index (χ0v) is 17.9. The van der Waals surface area contributed by atoms with E-state index in [4.69, 9.17) is 9.51 Å². The van der Waals surface area contributed by atoms with Crippen LogP contribution in [0, 0.1) is 13.8 Å². The molecule has 0 bridgehead atoms. The number of hydrogen-bond acceptors (Lipinski definition) is 6. The van der Waals surface area contributed by atoms with Gasteiger partial charge in [-0.15, -0.1) is 0 Å². The van der Waals surface area contributed by atoms with Gasteiger partial charge in [-0.05, 0) is 58.2 Å². The normalized spacial score (nSPS) is 16.5. The number of nitrogens with one attached hydrogen (secondary N) is 1. The Labute approximate surface area is 172 Å². The molecule has 3 heterocycles. The molecule has 154 valence electrons. The van der Waals surface area contributed by atoms with Crippen molar-refractivity contribution in [3.05, 3.63) is 35.7 Å². The van der Waals surface area contributed by atoms with Gasteiger partial charge < -0.3 is 14.7 Å². The third-order valence-electron chi connectivity index (χ3n) is 5.74. The molecule has 1 N–H and O–H groups in total. The molecule has 0 aliphatic carbocycles. The quantitative estimate of drug-likeness (QED) is 0.658. The van der Waals surface area contributed by atoms with E-state index in [0.29, 0.717) is 23.8 Å². The van der Waals surface area contributed by atoms with Crippen molar-refractivity contribution >= 4 is 16.7 Å². The van der Waals surface area contributed by atoms with Crippen LogP contribution in [0.15, 0.2) is 28.8 Å². The number of fused-ring (bicyclic) bond motifs is 1. The number of anilines is 1. The lowest BCUT2D eigenvalue weighted by molar-refractivity contribution is 0.364. The first-order valence-corrected chi connectivity index (χ1v) is 10.8. The third-order valence-corrected chi connectivity index (χ3v) is 5.74. The van der Waals surface area contributed by atoms with E-state index in [1.165, 1.54) is 18.4 Å². The predicted octanol–water partition coefficient (Wildman–Crippen LogP) is 4.65. The Balaban J connectivity index is 1.62. The fourth-order valence-electron chi connectivity index (χ4n) is 4.27. The van der Waals surface area contributed by atoms with Crippen LogP contribution in [0.4, 0.5) is 5.82 Å². The van der Waals surface area contributed by atoms with E-state index in [-0.39, 0.29) is 0 Å². The third kappa shape index (κ3) is 4.42. The Morgan fingerprint density at radius 2 is 1.97 bits per heavy atom. The van der Waals surface area contributed by atoms with Crippen molar-refractivity contribution in [3.8, 4) is 11.5 Å². The predicted molar refractivity (Wildman–Crippen MR) is 117 cm³/mol. The first-order valence-electron chi connectivity index (χ1n) is 10.8. The molecular weight excluding hydrogens is 362 g/mol. The molecule has 0 radical (unpaired) electrons. The van der Waals surface area contributed by atoms with Crippen molar-refractivity contribution in [2.24, 2.45) is 0 Å². The molecule has 29 heavy (non-hydrogen) atoms. The maximum absolute atomic E-state index is 5.52. The summed E-state index contributed by atoms with van der Waals surface area (Å²) in [6, 6.07) is 9.66. The fraction of sp³-hybridized carbons (Fsp3) is 0.522. The van der Waals surface area contributed by atoms with Crippen LogP contribution in [0.5, 0.6) is 0 Å². The number of rotatable bonds is 6. The molecule has 1 atom stereocenters. The van der Waals surface area contributed by atoms with Crippen molar-refractivity contribution in [2.75, 3.05) is 18.0 Å². The molecule has 1 aliphatic heterocycles. The van der Waals surface area contributed by atoms with Gasteiger partial charge in [0.15, 0.2) is 5.82 Å². The van der Waals surface area contributed by atoms with Gasteiger partial charge in [0.1, 0.15) is 5.82 Å². The Kier molecular flexibility index (Phi) is 5.81. The van der Waals surface area contributed by atoms with Crippen molar-refractivity contribution in [2.45, 2.75) is 65.5 Å². The lowest BCUT2D eigenvalue weighted by Gasteiger charge is -2.35. The molecular formula is C23H31N5O. The number of nitrogens with zero attached hydrogens (tertiary/aromatic N) is 4. The van der Waals surface area contributed by atoms with Gasteiger partial charge in [-0.25, -0.2) is 4.98 Å². The van der Waals surface area contributed by atoms with Gasteiger partial charge in [0.05, 0.1) is 11.1 Å². The summed E-state index contributed by atoms with van der Waals surface area (Å²) in [6.07, 6.45) is 4.68. The van der Waals surface area contributed by atoms with Crippen molar-refractivity contribution in [1.82, 2.24) is 20.4 Å². The highest BCUT2D eigenvalue weighted by Crippen LogP contribution is 2.33. The average molecular weight is 394 g/mol. The number of aryl methyl sites for hydroxylation is 2. The molecule has 1 fully saturated rings. The van der Waals surface area contributed by atoms with Gasteiger partial charge >= 0.3 is 0 Å². The minimum Gasteiger partial charge on any atom is -0.356 e. The standard InChI is InChI=1S/C23H31N5O/c1-5-6-16(3)24-19-9-11-28(12-10-19)22-20(23-25-17(4)27-29-23)14-18-13-15(2)7-8-21(18)26-22/h7-8,13-14,16,19,24H,5-6,9-12H2,1-4H3. The summed E-state index contributed by atoms with van der Waals surface area (Å²) >= 11 is 0. The second kappa shape index (κ2) is 8.49. The molecule has 6 heteroatoms. The molecule has 1 unspecified atom stereocenters. The number of benzene rings is 1. The largest absolute Gasteiger partial charge is 0.356 e. The molecule has 4 rings (SSSR count). The van der Waals surface area contributed by atoms with Crippen LogP contribution in [0.3, 0.4) is 0 Å². The van der Waals surface area contributed by atoms with Crippen molar-refractivity contribution in [1.29, 1.82) is 0 Å². The zero-order valence-electron chi connectivity index (χ0n) is 17.9. The number of aromatic nitrogens is 3. The zero-order chi connectivity index (χ0) is 20.4. The van der Waals surface area contributed by atoms with E-state index in [2.05, 4.69) is 65.4 Å². The van der Waals surface area contributed by atoms with E-state index in [1.54, 1.807) is 0 Å². The topological polar surface area (TPSA) is 67.1 Å². The smallest absolute Gasteiger partial charge is 0.261 e. The SMILES string of the molecule is CCCC(C)NC1CCN(c2nc3ccc(C)cc3cc2-c2nc(C)no2)CC1. The van der Waals surface area contributed by atoms with E-state index < -0.39 is 0 Å². The van der Waals surface area contributed by atoms with E-state index in [1.807, 2.05) is 6.92 Å². The first kappa shape index (κ1) is 19.8. The van der Waals surface area contributed by atoms with Crippen LogP contribution < -0.4 is 10.2 Å². The average Bonchev–Trinajstić information content (AvgIpc) is 3.14. The van der Waals surface area contributed by atoms with E-state index >= 15 is 0 Å². The van der Waals surface area contributed by atoms with Gasteiger partial charge in [-0.2, -0.15) is 4.98 Å². The summed E-state index contributed by atoms with van der Waals surface area (Å²) in [5.74, 6) is 2.14. The molecule has 1 aliphatic rings. The minimum atomic E-state index is 0.547. The van der Waals surface area contributed by atoms with Crippen LogP contribution in [0.25, 0.3) is 22.4 Å². The van der Waals surface area contributed by atoms with Crippen molar-refractivity contribution in [3.63, 3.8) is 0 Å². The van der Waals surface area contributed by atoms with Crippen LogP contribution in [-0.2, 0) is 0 Å².